The second-order valence-electron chi connectivity index (χ2n) is 7.92. The quantitative estimate of drug-likeness (QED) is 0.580. The van der Waals surface area contributed by atoms with Gasteiger partial charge in [0.15, 0.2) is 0 Å². The van der Waals surface area contributed by atoms with Crippen LogP contribution in [0.4, 0.5) is 10.6 Å². The second kappa shape index (κ2) is 8.12. The van der Waals surface area contributed by atoms with E-state index in [-0.39, 0.29) is 0 Å². The van der Waals surface area contributed by atoms with E-state index >= 15 is 0 Å². The first kappa shape index (κ1) is 21.6. The maximum Gasteiger partial charge on any atom is 0.325 e. The smallest absolute Gasteiger partial charge is 0.319 e. The number of hydrogen-bond acceptors (Lipinski definition) is 4. The number of anilines is 1. The highest BCUT2D eigenvalue weighted by atomic mass is 35.5. The van der Waals surface area contributed by atoms with E-state index in [0.29, 0.717) is 22.1 Å². The highest BCUT2D eigenvalue weighted by molar-refractivity contribution is 6.30. The molecule has 1 saturated heterocycles. The zero-order valence-corrected chi connectivity index (χ0v) is 18.6. The Morgan fingerprint density at radius 2 is 1.75 bits per heavy atom. The fraction of sp³-hybridized carbons (Fsp3) is 0.217. The standard InChI is InChI=1S/C23H22ClN5O3/c1-14-4-10-18(11-5-14)29-19(12-15(2)27-29)25-20(30)13-28-21(31)23(3,26-22(28)32)16-6-8-17(24)9-7-16/h4-12H,13H2,1-3H3,(H,25,30)(H,26,32). The number of aromatic nitrogens is 2. The van der Waals surface area contributed by atoms with Gasteiger partial charge in [-0.25, -0.2) is 9.48 Å². The van der Waals surface area contributed by atoms with E-state index in [1.807, 2.05) is 38.1 Å². The van der Waals surface area contributed by atoms with Gasteiger partial charge in [0.25, 0.3) is 5.91 Å². The van der Waals surface area contributed by atoms with Gasteiger partial charge in [0.05, 0.1) is 11.4 Å². The number of carbonyl (C=O) groups is 3. The first-order valence-electron chi connectivity index (χ1n) is 10.0. The van der Waals surface area contributed by atoms with E-state index < -0.39 is 29.9 Å². The number of aryl methyl sites for hydroxylation is 2. The normalized spacial score (nSPS) is 18.1. The fourth-order valence-electron chi connectivity index (χ4n) is 3.62. The van der Waals surface area contributed by atoms with Gasteiger partial charge >= 0.3 is 6.03 Å². The molecule has 0 saturated carbocycles. The number of nitrogens with one attached hydrogen (secondary N) is 2. The summed E-state index contributed by atoms with van der Waals surface area (Å²) in [5.74, 6) is -0.575. The lowest BCUT2D eigenvalue weighted by atomic mass is 9.92. The minimum Gasteiger partial charge on any atom is -0.319 e. The summed E-state index contributed by atoms with van der Waals surface area (Å²) in [6.07, 6.45) is 0. The Morgan fingerprint density at radius 1 is 1.09 bits per heavy atom. The van der Waals surface area contributed by atoms with Crippen molar-refractivity contribution < 1.29 is 14.4 Å². The Labute approximate surface area is 190 Å². The van der Waals surface area contributed by atoms with Crippen LogP contribution < -0.4 is 10.6 Å². The first-order chi connectivity index (χ1) is 15.2. The Hall–Kier alpha value is -3.65. The molecule has 1 aliphatic rings. The molecule has 1 unspecified atom stereocenters. The summed E-state index contributed by atoms with van der Waals surface area (Å²) in [5.41, 5.74) is 1.90. The topological polar surface area (TPSA) is 96.3 Å². The van der Waals surface area contributed by atoms with Crippen LogP contribution in [0.15, 0.2) is 54.6 Å². The number of imide groups is 1. The largest absolute Gasteiger partial charge is 0.325 e. The van der Waals surface area contributed by atoms with E-state index in [1.165, 1.54) is 0 Å². The Kier molecular flexibility index (Phi) is 5.48. The van der Waals surface area contributed by atoms with Gasteiger partial charge in [-0.05, 0) is 50.6 Å². The minimum absolute atomic E-state index is 0.425. The molecule has 1 aromatic heterocycles. The van der Waals surface area contributed by atoms with Crippen LogP contribution in [-0.2, 0) is 15.1 Å². The Balaban J connectivity index is 1.51. The van der Waals surface area contributed by atoms with Crippen LogP contribution in [0, 0.1) is 13.8 Å². The van der Waals surface area contributed by atoms with Gasteiger partial charge in [-0.2, -0.15) is 5.10 Å². The van der Waals surface area contributed by atoms with Gasteiger partial charge in [-0.1, -0.05) is 41.4 Å². The Morgan fingerprint density at radius 3 is 2.41 bits per heavy atom. The van der Waals surface area contributed by atoms with E-state index in [4.69, 9.17) is 11.6 Å². The van der Waals surface area contributed by atoms with Crippen LogP contribution in [0.5, 0.6) is 0 Å². The Bertz CT molecular complexity index is 1200. The van der Waals surface area contributed by atoms with Gasteiger partial charge in [0.2, 0.25) is 5.91 Å². The molecule has 0 radical (unpaired) electrons. The molecule has 1 fully saturated rings. The molecule has 2 N–H and O–H groups in total. The van der Waals surface area contributed by atoms with Crippen molar-refractivity contribution in [3.8, 4) is 5.69 Å². The number of nitrogens with zero attached hydrogens (tertiary/aromatic N) is 3. The predicted molar refractivity (Wildman–Crippen MR) is 121 cm³/mol. The van der Waals surface area contributed by atoms with Crippen LogP contribution in [0.2, 0.25) is 5.02 Å². The van der Waals surface area contributed by atoms with Crippen molar-refractivity contribution in [3.05, 3.63) is 76.4 Å². The third-order valence-corrected chi connectivity index (χ3v) is 5.63. The number of carbonyl (C=O) groups excluding carboxylic acids is 3. The van der Waals surface area contributed by atoms with E-state index in [2.05, 4.69) is 15.7 Å². The van der Waals surface area contributed by atoms with Crippen molar-refractivity contribution in [2.75, 3.05) is 11.9 Å². The van der Waals surface area contributed by atoms with Crippen LogP contribution >= 0.6 is 11.6 Å². The van der Waals surface area contributed by atoms with Crippen LogP contribution in [0.25, 0.3) is 5.69 Å². The summed E-state index contributed by atoms with van der Waals surface area (Å²) >= 11 is 5.93. The number of rotatable bonds is 5. The molecule has 0 aliphatic carbocycles. The molecule has 8 nitrogen and oxygen atoms in total. The van der Waals surface area contributed by atoms with E-state index in [0.717, 1.165) is 16.2 Å². The third-order valence-electron chi connectivity index (χ3n) is 5.38. The molecular formula is C23H22ClN5O3. The highest BCUT2D eigenvalue weighted by Crippen LogP contribution is 2.29. The molecular weight excluding hydrogens is 430 g/mol. The molecule has 2 aromatic carbocycles. The van der Waals surface area contributed by atoms with Gasteiger partial charge in [0.1, 0.15) is 17.9 Å². The van der Waals surface area contributed by atoms with Crippen LogP contribution in [0.1, 0.15) is 23.7 Å². The molecule has 4 amide bonds. The predicted octanol–water partition coefficient (Wildman–Crippen LogP) is 3.55. The van der Waals surface area contributed by atoms with Gasteiger partial charge in [-0.15, -0.1) is 0 Å². The van der Waals surface area contributed by atoms with Crippen LogP contribution in [0.3, 0.4) is 0 Å². The molecule has 1 aliphatic heterocycles. The summed E-state index contributed by atoms with van der Waals surface area (Å²) in [5, 5.41) is 10.4. The lowest BCUT2D eigenvalue weighted by Crippen LogP contribution is -2.42. The molecule has 0 spiro atoms. The SMILES string of the molecule is Cc1ccc(-n2nc(C)cc2NC(=O)CN2C(=O)NC(C)(c3ccc(Cl)cc3)C2=O)cc1. The van der Waals surface area contributed by atoms with Gasteiger partial charge in [-0.3, -0.25) is 14.5 Å². The first-order valence-corrected chi connectivity index (χ1v) is 10.4. The van der Waals surface area contributed by atoms with Gasteiger partial charge in [0, 0.05) is 11.1 Å². The second-order valence-corrected chi connectivity index (χ2v) is 8.36. The fourth-order valence-corrected chi connectivity index (χ4v) is 3.74. The number of benzene rings is 2. The lowest BCUT2D eigenvalue weighted by molar-refractivity contribution is -0.133. The molecule has 0 bridgehead atoms. The minimum atomic E-state index is -1.28. The number of amides is 4. The maximum atomic E-state index is 13.0. The summed E-state index contributed by atoms with van der Waals surface area (Å²) in [6.45, 7) is 4.97. The zero-order valence-electron chi connectivity index (χ0n) is 17.8. The molecule has 9 heteroatoms. The molecule has 4 rings (SSSR count). The molecule has 1 atom stereocenters. The van der Waals surface area contributed by atoms with Gasteiger partial charge < -0.3 is 10.6 Å². The number of halogens is 1. The summed E-state index contributed by atoms with van der Waals surface area (Å²) in [4.78, 5) is 39.2. The average molecular weight is 452 g/mol. The van der Waals surface area contributed by atoms with Crippen molar-refractivity contribution >= 4 is 35.3 Å². The zero-order chi connectivity index (χ0) is 23.0. The van der Waals surface area contributed by atoms with Crippen LogP contribution in [-0.4, -0.2) is 39.1 Å². The summed E-state index contributed by atoms with van der Waals surface area (Å²) in [6, 6.07) is 15.4. The monoisotopic (exact) mass is 451 g/mol. The molecule has 32 heavy (non-hydrogen) atoms. The van der Waals surface area contributed by atoms with Crippen molar-refractivity contribution in [2.24, 2.45) is 0 Å². The van der Waals surface area contributed by atoms with Crippen molar-refractivity contribution in [1.82, 2.24) is 20.0 Å². The average Bonchev–Trinajstić information content (AvgIpc) is 3.21. The molecule has 3 aromatic rings. The van der Waals surface area contributed by atoms with Crippen molar-refractivity contribution in [3.63, 3.8) is 0 Å². The molecule has 2 heterocycles. The number of urea groups is 1. The van der Waals surface area contributed by atoms with E-state index in [9.17, 15) is 14.4 Å². The van der Waals surface area contributed by atoms with Crippen molar-refractivity contribution in [2.45, 2.75) is 26.3 Å². The maximum absolute atomic E-state index is 13.0. The molecule has 164 valence electrons. The third kappa shape index (κ3) is 3.97. The van der Waals surface area contributed by atoms with E-state index in [1.54, 1.807) is 41.9 Å². The lowest BCUT2D eigenvalue weighted by Gasteiger charge is -2.22. The van der Waals surface area contributed by atoms with Crippen molar-refractivity contribution in [1.29, 1.82) is 0 Å². The summed E-state index contributed by atoms with van der Waals surface area (Å²) in [7, 11) is 0. The summed E-state index contributed by atoms with van der Waals surface area (Å²) < 4.78 is 1.61. The highest BCUT2D eigenvalue weighted by Gasteiger charge is 2.49. The number of hydrogen-bond donors (Lipinski definition) is 2.